The molecule has 0 spiro atoms. The number of aliphatic hydroxyl groups excluding tert-OH is 4. The van der Waals surface area contributed by atoms with E-state index in [4.69, 9.17) is 14.2 Å². The number of benzene rings is 2. The lowest BCUT2D eigenvalue weighted by molar-refractivity contribution is -0.379. The van der Waals surface area contributed by atoms with Crippen LogP contribution < -0.4 is 4.74 Å². The van der Waals surface area contributed by atoms with Crippen LogP contribution in [0.2, 0.25) is 0 Å². The summed E-state index contributed by atoms with van der Waals surface area (Å²) in [5.41, 5.74) is 0.144. The summed E-state index contributed by atoms with van der Waals surface area (Å²) in [6, 6.07) is 5.75. The summed E-state index contributed by atoms with van der Waals surface area (Å²) in [6.07, 6.45) is -10.2. The molecule has 12 heteroatoms. The standard InChI is InChI=1S/C21H24O12/c22-7-15-16(27)17(28)18(29)20(32-15)33-21(30)6-10-12(25)4-9(23)5-14(10)31-19(21)8-1-2-11(24)13(26)3-8/h1-5,15-20,22-30H,6-7H2/t15-,16-,17+,18-,19-,20-,21-/m1/s1. The Morgan fingerprint density at radius 3 is 2.30 bits per heavy atom. The van der Waals surface area contributed by atoms with E-state index in [9.17, 15) is 46.0 Å². The lowest BCUT2D eigenvalue weighted by Crippen LogP contribution is -2.62. The normalized spacial score (nSPS) is 33.8. The van der Waals surface area contributed by atoms with E-state index in [0.29, 0.717) is 0 Å². The molecule has 9 N–H and O–H groups in total. The largest absolute Gasteiger partial charge is 0.508 e. The van der Waals surface area contributed by atoms with E-state index < -0.39 is 72.9 Å². The first-order valence-electron chi connectivity index (χ1n) is 9.98. The monoisotopic (exact) mass is 468 g/mol. The number of phenols is 4. The van der Waals surface area contributed by atoms with E-state index in [0.717, 1.165) is 18.2 Å². The fourth-order valence-electron chi connectivity index (χ4n) is 3.97. The molecule has 2 heterocycles. The van der Waals surface area contributed by atoms with Crippen LogP contribution in [0.25, 0.3) is 0 Å². The molecule has 2 aliphatic heterocycles. The number of phenolic OH excluding ortho intramolecular Hbond substituents is 4. The van der Waals surface area contributed by atoms with E-state index in [1.54, 1.807) is 0 Å². The smallest absolute Gasteiger partial charge is 0.214 e. The molecule has 4 rings (SSSR count). The molecular weight excluding hydrogens is 444 g/mol. The lowest BCUT2D eigenvalue weighted by Gasteiger charge is -2.46. The number of hydrogen-bond acceptors (Lipinski definition) is 12. The SMILES string of the molecule is OC[C@H]1O[C@H](O[C@]2(O)Cc3c(O)cc(O)cc3O[C@@H]2c2ccc(O)c(O)c2)[C@H](O)[C@@H](O)[C@@H]1O. The number of rotatable bonds is 4. The molecular formula is C21H24O12. The molecule has 0 bridgehead atoms. The Kier molecular flexibility index (Phi) is 6.01. The number of hydrogen-bond donors (Lipinski definition) is 9. The molecule has 1 saturated heterocycles. The van der Waals surface area contributed by atoms with E-state index in [1.807, 2.05) is 0 Å². The highest BCUT2D eigenvalue weighted by molar-refractivity contribution is 5.52. The summed E-state index contributed by atoms with van der Waals surface area (Å²) in [6.45, 7) is -0.724. The van der Waals surface area contributed by atoms with Gasteiger partial charge in [-0.2, -0.15) is 0 Å². The van der Waals surface area contributed by atoms with Crippen molar-refractivity contribution in [3.05, 3.63) is 41.5 Å². The number of fused-ring (bicyclic) bond motifs is 1. The van der Waals surface area contributed by atoms with Gasteiger partial charge in [-0.25, -0.2) is 0 Å². The minimum absolute atomic E-state index is 0.00728. The predicted octanol–water partition coefficient (Wildman–Crippen LogP) is -1.31. The summed E-state index contributed by atoms with van der Waals surface area (Å²) in [5.74, 6) is -4.13. The van der Waals surface area contributed by atoms with Gasteiger partial charge in [0.15, 0.2) is 23.9 Å². The van der Waals surface area contributed by atoms with Crippen LogP contribution in [0.15, 0.2) is 30.3 Å². The van der Waals surface area contributed by atoms with Crippen molar-refractivity contribution in [1.82, 2.24) is 0 Å². The van der Waals surface area contributed by atoms with Crippen molar-refractivity contribution in [3.63, 3.8) is 0 Å². The van der Waals surface area contributed by atoms with Crippen molar-refractivity contribution in [1.29, 1.82) is 0 Å². The minimum Gasteiger partial charge on any atom is -0.508 e. The van der Waals surface area contributed by atoms with Crippen molar-refractivity contribution >= 4 is 0 Å². The Hall–Kier alpha value is -2.84. The Morgan fingerprint density at radius 2 is 1.64 bits per heavy atom. The molecule has 7 atom stereocenters. The fourth-order valence-corrected chi connectivity index (χ4v) is 3.97. The molecule has 180 valence electrons. The maximum Gasteiger partial charge on any atom is 0.214 e. The van der Waals surface area contributed by atoms with Gasteiger partial charge in [-0.15, -0.1) is 0 Å². The number of aliphatic hydroxyl groups is 5. The summed E-state index contributed by atoms with van der Waals surface area (Å²) in [4.78, 5) is 0. The highest BCUT2D eigenvalue weighted by Gasteiger charge is 2.52. The Morgan fingerprint density at radius 1 is 0.909 bits per heavy atom. The zero-order valence-electron chi connectivity index (χ0n) is 17.0. The number of ether oxygens (including phenoxy) is 3. The molecule has 2 aliphatic rings. The van der Waals surface area contributed by atoms with Gasteiger partial charge in [0, 0.05) is 29.7 Å². The van der Waals surface area contributed by atoms with Gasteiger partial charge in [0.05, 0.1) is 6.61 Å². The average Bonchev–Trinajstić information content (AvgIpc) is 2.76. The number of aromatic hydroxyl groups is 4. The fraction of sp³-hybridized carbons (Fsp3) is 0.429. The molecule has 12 nitrogen and oxygen atoms in total. The second-order valence-electron chi connectivity index (χ2n) is 8.02. The van der Waals surface area contributed by atoms with Crippen LogP contribution >= 0.6 is 0 Å². The van der Waals surface area contributed by atoms with Crippen LogP contribution in [0.3, 0.4) is 0 Å². The topological polar surface area (TPSA) is 210 Å². The van der Waals surface area contributed by atoms with Crippen LogP contribution in [0.1, 0.15) is 17.2 Å². The Balaban J connectivity index is 1.75. The van der Waals surface area contributed by atoms with Crippen LogP contribution in [0.4, 0.5) is 0 Å². The zero-order chi connectivity index (χ0) is 24.1. The van der Waals surface area contributed by atoms with Crippen molar-refractivity contribution in [2.75, 3.05) is 6.61 Å². The molecule has 2 aromatic carbocycles. The van der Waals surface area contributed by atoms with Crippen molar-refractivity contribution in [2.45, 2.75) is 49.0 Å². The quantitative estimate of drug-likeness (QED) is 0.189. The summed E-state index contributed by atoms with van der Waals surface area (Å²) < 4.78 is 16.7. The molecule has 0 saturated carbocycles. The van der Waals surface area contributed by atoms with Gasteiger partial charge < -0.3 is 60.2 Å². The highest BCUT2D eigenvalue weighted by atomic mass is 16.8. The summed E-state index contributed by atoms with van der Waals surface area (Å²) in [7, 11) is 0. The van der Waals surface area contributed by atoms with Crippen LogP contribution in [0, 0.1) is 0 Å². The van der Waals surface area contributed by atoms with Crippen molar-refractivity contribution in [3.8, 4) is 28.7 Å². The van der Waals surface area contributed by atoms with Gasteiger partial charge in [0.2, 0.25) is 5.79 Å². The molecule has 0 radical (unpaired) electrons. The van der Waals surface area contributed by atoms with E-state index in [2.05, 4.69) is 0 Å². The Bertz CT molecular complexity index is 1030. The molecule has 0 amide bonds. The van der Waals surface area contributed by atoms with Crippen LogP contribution in [0.5, 0.6) is 28.7 Å². The van der Waals surface area contributed by atoms with Crippen LogP contribution in [-0.4, -0.2) is 89.1 Å². The van der Waals surface area contributed by atoms with Crippen molar-refractivity contribution in [2.24, 2.45) is 0 Å². The highest BCUT2D eigenvalue weighted by Crippen LogP contribution is 2.48. The van der Waals surface area contributed by atoms with Gasteiger partial charge in [-0.1, -0.05) is 6.07 Å². The maximum atomic E-state index is 11.5. The Labute approximate surface area is 186 Å². The second-order valence-corrected chi connectivity index (χ2v) is 8.02. The van der Waals surface area contributed by atoms with E-state index >= 15 is 0 Å². The van der Waals surface area contributed by atoms with Gasteiger partial charge in [-0.05, 0) is 12.1 Å². The lowest BCUT2D eigenvalue weighted by atomic mass is 9.90. The van der Waals surface area contributed by atoms with Crippen LogP contribution in [-0.2, 0) is 15.9 Å². The third-order valence-corrected chi connectivity index (χ3v) is 5.73. The first-order chi connectivity index (χ1) is 15.5. The van der Waals surface area contributed by atoms with Gasteiger partial charge in [-0.3, -0.25) is 0 Å². The van der Waals surface area contributed by atoms with Gasteiger partial charge in [0.1, 0.15) is 41.7 Å². The van der Waals surface area contributed by atoms with Gasteiger partial charge in [0.25, 0.3) is 0 Å². The molecule has 2 aromatic rings. The predicted molar refractivity (Wildman–Crippen MR) is 106 cm³/mol. The minimum atomic E-state index is -2.40. The third kappa shape index (κ3) is 4.13. The van der Waals surface area contributed by atoms with E-state index in [1.165, 1.54) is 12.1 Å². The molecule has 0 aromatic heterocycles. The summed E-state index contributed by atoms with van der Waals surface area (Å²) in [5, 5.41) is 90.9. The molecule has 1 fully saturated rings. The first kappa shape index (κ1) is 23.3. The zero-order valence-corrected chi connectivity index (χ0v) is 17.0. The van der Waals surface area contributed by atoms with Gasteiger partial charge >= 0.3 is 0 Å². The second kappa shape index (κ2) is 8.50. The average molecular weight is 468 g/mol. The maximum absolute atomic E-state index is 11.5. The molecule has 0 unspecified atom stereocenters. The summed E-state index contributed by atoms with van der Waals surface area (Å²) >= 11 is 0. The third-order valence-electron chi connectivity index (χ3n) is 5.73. The molecule has 33 heavy (non-hydrogen) atoms. The van der Waals surface area contributed by atoms with E-state index in [-0.39, 0.29) is 22.6 Å². The first-order valence-corrected chi connectivity index (χ1v) is 9.98. The molecule has 0 aliphatic carbocycles. The van der Waals surface area contributed by atoms with Crippen molar-refractivity contribution < 1.29 is 60.2 Å².